The maximum absolute atomic E-state index is 13.1. The van der Waals surface area contributed by atoms with Gasteiger partial charge in [-0.05, 0) is 43.3 Å². The smallest absolute Gasteiger partial charge is 0.352 e. The van der Waals surface area contributed by atoms with Crippen LogP contribution in [-0.2, 0) is 9.59 Å². The molecule has 0 saturated carbocycles. The van der Waals surface area contributed by atoms with E-state index in [2.05, 4.69) is 5.32 Å². The fourth-order valence-electron chi connectivity index (χ4n) is 1.80. The quantitative estimate of drug-likeness (QED) is 0.679. The van der Waals surface area contributed by atoms with Crippen LogP contribution in [0.1, 0.15) is 13.8 Å². The van der Waals surface area contributed by atoms with Crippen molar-refractivity contribution < 1.29 is 23.5 Å². The minimum atomic E-state index is -0.896. The van der Waals surface area contributed by atoms with Gasteiger partial charge in [-0.3, -0.25) is 4.79 Å². The van der Waals surface area contributed by atoms with Gasteiger partial charge in [0.1, 0.15) is 17.3 Å². The average molecular weight is 317 g/mol. The number of ether oxygens (including phenoxy) is 2. The predicted octanol–water partition coefficient (Wildman–Crippen LogP) is 3.16. The predicted molar refractivity (Wildman–Crippen MR) is 82.9 cm³/mol. The molecule has 0 aliphatic heterocycles. The molecule has 0 bridgehead atoms. The summed E-state index contributed by atoms with van der Waals surface area (Å²) < 4.78 is 23.6. The number of halogens is 1. The molecule has 0 unspecified atom stereocenters. The Kier molecular flexibility index (Phi) is 5.30. The van der Waals surface area contributed by atoms with Crippen LogP contribution in [0.3, 0.4) is 0 Å². The van der Waals surface area contributed by atoms with Gasteiger partial charge in [-0.1, -0.05) is 6.07 Å². The standard InChI is InChI=1S/C17H16FNO4/c1-11(22-16-5-3-4-13(18)10-16)17(21)23-15-8-6-14(7-9-15)19-12(2)20/h3-11H,1-2H3,(H,19,20)/t11-/m0/s1. The van der Waals surface area contributed by atoms with Gasteiger partial charge in [-0.2, -0.15) is 0 Å². The molecule has 1 N–H and O–H groups in total. The molecule has 2 aromatic carbocycles. The molecule has 1 amide bonds. The summed E-state index contributed by atoms with van der Waals surface area (Å²) in [7, 11) is 0. The molecular formula is C17H16FNO4. The summed E-state index contributed by atoms with van der Waals surface area (Å²) in [5.41, 5.74) is 0.598. The number of hydrogen-bond acceptors (Lipinski definition) is 4. The molecule has 0 spiro atoms. The molecule has 1 atom stereocenters. The summed E-state index contributed by atoms with van der Waals surface area (Å²) in [5, 5.41) is 2.61. The van der Waals surface area contributed by atoms with E-state index in [4.69, 9.17) is 9.47 Å². The van der Waals surface area contributed by atoms with Gasteiger partial charge < -0.3 is 14.8 Å². The Hall–Kier alpha value is -2.89. The number of hydrogen-bond donors (Lipinski definition) is 1. The highest BCUT2D eigenvalue weighted by molar-refractivity contribution is 5.88. The topological polar surface area (TPSA) is 64.6 Å². The van der Waals surface area contributed by atoms with Gasteiger partial charge in [-0.15, -0.1) is 0 Å². The Morgan fingerprint density at radius 1 is 1.09 bits per heavy atom. The lowest BCUT2D eigenvalue weighted by Gasteiger charge is -2.14. The van der Waals surface area contributed by atoms with Crippen molar-refractivity contribution in [3.8, 4) is 11.5 Å². The molecule has 2 rings (SSSR count). The normalized spacial score (nSPS) is 11.4. The largest absolute Gasteiger partial charge is 0.479 e. The first-order valence-electron chi connectivity index (χ1n) is 6.95. The second-order valence-electron chi connectivity index (χ2n) is 4.84. The average Bonchev–Trinajstić information content (AvgIpc) is 2.48. The van der Waals surface area contributed by atoms with Gasteiger partial charge in [-0.25, -0.2) is 9.18 Å². The molecule has 0 aliphatic carbocycles. The Morgan fingerprint density at radius 3 is 2.39 bits per heavy atom. The van der Waals surface area contributed by atoms with Gasteiger partial charge in [0.15, 0.2) is 6.10 Å². The second-order valence-corrected chi connectivity index (χ2v) is 4.84. The van der Waals surface area contributed by atoms with Gasteiger partial charge in [0.05, 0.1) is 0 Å². The summed E-state index contributed by atoms with van der Waals surface area (Å²) in [6, 6.07) is 11.8. The van der Waals surface area contributed by atoms with E-state index in [0.29, 0.717) is 11.4 Å². The molecule has 2 aromatic rings. The Morgan fingerprint density at radius 2 is 1.78 bits per heavy atom. The lowest BCUT2D eigenvalue weighted by atomic mass is 10.3. The number of carbonyl (C=O) groups excluding carboxylic acids is 2. The van der Waals surface area contributed by atoms with Crippen molar-refractivity contribution in [2.75, 3.05) is 5.32 Å². The number of amides is 1. The first kappa shape index (κ1) is 16.5. The Balaban J connectivity index is 1.94. The van der Waals surface area contributed by atoms with Crippen LogP contribution in [0.2, 0.25) is 0 Å². The third kappa shape index (κ3) is 5.10. The maximum atomic E-state index is 13.1. The molecule has 6 heteroatoms. The van der Waals surface area contributed by atoms with Crippen molar-refractivity contribution in [3.05, 3.63) is 54.3 Å². The highest BCUT2D eigenvalue weighted by Crippen LogP contribution is 2.18. The first-order valence-corrected chi connectivity index (χ1v) is 6.95. The van der Waals surface area contributed by atoms with Crippen LogP contribution in [0.15, 0.2) is 48.5 Å². The van der Waals surface area contributed by atoms with E-state index in [-0.39, 0.29) is 11.7 Å². The fraction of sp³-hybridized carbons (Fsp3) is 0.176. The monoisotopic (exact) mass is 317 g/mol. The van der Waals surface area contributed by atoms with E-state index in [1.165, 1.54) is 32.0 Å². The van der Waals surface area contributed by atoms with Crippen molar-refractivity contribution >= 4 is 17.6 Å². The molecule has 0 aromatic heterocycles. The number of benzene rings is 2. The minimum absolute atomic E-state index is 0.188. The zero-order valence-corrected chi connectivity index (χ0v) is 12.7. The van der Waals surface area contributed by atoms with Gasteiger partial charge in [0.2, 0.25) is 5.91 Å². The van der Waals surface area contributed by atoms with E-state index in [9.17, 15) is 14.0 Å². The van der Waals surface area contributed by atoms with Gasteiger partial charge in [0, 0.05) is 18.7 Å². The number of rotatable bonds is 5. The summed E-state index contributed by atoms with van der Waals surface area (Å²) in [4.78, 5) is 22.9. The highest BCUT2D eigenvalue weighted by Gasteiger charge is 2.17. The number of esters is 1. The maximum Gasteiger partial charge on any atom is 0.352 e. The molecule has 0 fully saturated rings. The third-order valence-corrected chi connectivity index (χ3v) is 2.83. The van der Waals surface area contributed by atoms with Crippen LogP contribution in [0.5, 0.6) is 11.5 Å². The van der Waals surface area contributed by atoms with Crippen molar-refractivity contribution in [2.45, 2.75) is 20.0 Å². The molecule has 0 aliphatic rings. The summed E-state index contributed by atoms with van der Waals surface area (Å²) in [5.74, 6) is -0.681. The zero-order valence-electron chi connectivity index (χ0n) is 12.7. The molecular weight excluding hydrogens is 301 g/mol. The van der Waals surface area contributed by atoms with Crippen molar-refractivity contribution in [3.63, 3.8) is 0 Å². The molecule has 120 valence electrons. The molecule has 0 saturated heterocycles. The summed E-state index contributed by atoms with van der Waals surface area (Å²) in [6.07, 6.45) is -0.896. The van der Waals surface area contributed by atoms with E-state index in [1.54, 1.807) is 30.3 Å². The minimum Gasteiger partial charge on any atom is -0.479 e. The highest BCUT2D eigenvalue weighted by atomic mass is 19.1. The van der Waals surface area contributed by atoms with Crippen LogP contribution in [0, 0.1) is 5.82 Å². The van der Waals surface area contributed by atoms with Crippen LogP contribution in [0.4, 0.5) is 10.1 Å². The Labute approximate surface area is 133 Å². The van der Waals surface area contributed by atoms with Crippen LogP contribution in [-0.4, -0.2) is 18.0 Å². The van der Waals surface area contributed by atoms with E-state index in [0.717, 1.165) is 0 Å². The third-order valence-electron chi connectivity index (χ3n) is 2.83. The molecule has 23 heavy (non-hydrogen) atoms. The molecule has 0 heterocycles. The zero-order chi connectivity index (χ0) is 16.8. The second kappa shape index (κ2) is 7.40. The molecule has 5 nitrogen and oxygen atoms in total. The first-order chi connectivity index (χ1) is 10.9. The number of anilines is 1. The van der Waals surface area contributed by atoms with Crippen LogP contribution < -0.4 is 14.8 Å². The number of carbonyl (C=O) groups is 2. The van der Waals surface area contributed by atoms with Gasteiger partial charge in [0.25, 0.3) is 0 Å². The Bertz CT molecular complexity index is 700. The van der Waals surface area contributed by atoms with E-state index < -0.39 is 17.9 Å². The number of nitrogens with one attached hydrogen (secondary N) is 1. The van der Waals surface area contributed by atoms with Crippen LogP contribution >= 0.6 is 0 Å². The van der Waals surface area contributed by atoms with Crippen molar-refractivity contribution in [1.82, 2.24) is 0 Å². The van der Waals surface area contributed by atoms with E-state index in [1.807, 2.05) is 0 Å². The lowest BCUT2D eigenvalue weighted by Crippen LogP contribution is -2.28. The van der Waals surface area contributed by atoms with Crippen molar-refractivity contribution in [1.29, 1.82) is 0 Å². The summed E-state index contributed by atoms with van der Waals surface area (Å²) >= 11 is 0. The van der Waals surface area contributed by atoms with Crippen molar-refractivity contribution in [2.24, 2.45) is 0 Å². The lowest BCUT2D eigenvalue weighted by molar-refractivity contribution is -0.141. The van der Waals surface area contributed by atoms with Crippen LogP contribution in [0.25, 0.3) is 0 Å². The van der Waals surface area contributed by atoms with E-state index >= 15 is 0 Å². The SMILES string of the molecule is CC(=O)Nc1ccc(OC(=O)[C@H](C)Oc2cccc(F)c2)cc1. The fourth-order valence-corrected chi connectivity index (χ4v) is 1.80. The molecule has 0 radical (unpaired) electrons. The van der Waals surface area contributed by atoms with Gasteiger partial charge >= 0.3 is 5.97 Å². The summed E-state index contributed by atoms with van der Waals surface area (Å²) in [6.45, 7) is 2.91.